The van der Waals surface area contributed by atoms with Gasteiger partial charge in [0.15, 0.2) is 0 Å². The van der Waals surface area contributed by atoms with E-state index in [1.807, 2.05) is 11.1 Å². The van der Waals surface area contributed by atoms with Gasteiger partial charge in [-0.2, -0.15) is 5.10 Å². The topological polar surface area (TPSA) is 67.5 Å². The number of carbonyl (C=O) groups excluding carboxylic acids is 1. The molecule has 4 rings (SSSR count). The number of hydrogen-bond donors (Lipinski definition) is 1. The minimum absolute atomic E-state index is 0.0304. The van der Waals surface area contributed by atoms with E-state index >= 15 is 0 Å². The first-order chi connectivity index (χ1) is 14.7. The van der Waals surface area contributed by atoms with E-state index in [2.05, 4.69) is 47.5 Å². The molecule has 0 bridgehead atoms. The highest BCUT2D eigenvalue weighted by Gasteiger charge is 2.38. The molecule has 1 amide bonds. The van der Waals surface area contributed by atoms with Crippen molar-refractivity contribution in [2.75, 3.05) is 20.3 Å². The fourth-order valence-corrected chi connectivity index (χ4v) is 5.20. The Bertz CT molecular complexity index is 814. The van der Waals surface area contributed by atoms with Crippen molar-refractivity contribution in [2.24, 2.45) is 0 Å². The van der Waals surface area contributed by atoms with Gasteiger partial charge in [-0.25, -0.2) is 4.79 Å². The first-order valence-electron chi connectivity index (χ1n) is 11.2. The number of likely N-dealkylation sites (tertiary alicyclic amines) is 1. The van der Waals surface area contributed by atoms with Crippen molar-refractivity contribution < 1.29 is 14.3 Å². The lowest BCUT2D eigenvalue weighted by Crippen LogP contribution is -2.50. The highest BCUT2D eigenvalue weighted by molar-refractivity contribution is 5.68. The maximum Gasteiger partial charge on any atom is 0.409 e. The first kappa shape index (κ1) is 20.9. The van der Waals surface area contributed by atoms with Crippen molar-refractivity contribution >= 4 is 6.09 Å². The van der Waals surface area contributed by atoms with Gasteiger partial charge in [-0.3, -0.25) is 5.10 Å². The molecule has 1 N–H and O–H groups in total. The quantitative estimate of drug-likeness (QED) is 0.769. The summed E-state index contributed by atoms with van der Waals surface area (Å²) in [6.45, 7) is 3.32. The largest absolute Gasteiger partial charge is 0.453 e. The second-order valence-electron chi connectivity index (χ2n) is 8.66. The summed E-state index contributed by atoms with van der Waals surface area (Å²) in [5.41, 5.74) is 3.69. The molecule has 1 aliphatic heterocycles. The van der Waals surface area contributed by atoms with Crippen LogP contribution in [0.2, 0.25) is 0 Å². The summed E-state index contributed by atoms with van der Waals surface area (Å²) in [5.74, 6) is 0.827. The molecule has 2 heterocycles. The van der Waals surface area contributed by atoms with Crippen molar-refractivity contribution in [3.05, 3.63) is 53.3 Å². The minimum Gasteiger partial charge on any atom is -0.453 e. The lowest BCUT2D eigenvalue weighted by atomic mass is 9.82. The molecule has 1 aliphatic carbocycles. The van der Waals surface area contributed by atoms with Crippen LogP contribution in [0, 0.1) is 6.92 Å². The van der Waals surface area contributed by atoms with Gasteiger partial charge in [-0.05, 0) is 62.5 Å². The van der Waals surface area contributed by atoms with Gasteiger partial charge in [0.05, 0.1) is 32.1 Å². The van der Waals surface area contributed by atoms with Gasteiger partial charge in [0.1, 0.15) is 0 Å². The Kier molecular flexibility index (Phi) is 6.72. The summed E-state index contributed by atoms with van der Waals surface area (Å²) in [6, 6.07) is 10.8. The highest BCUT2D eigenvalue weighted by Crippen LogP contribution is 2.36. The SMILES string of the molecule is COC(=O)N1CCCC(c2[nH]ncc2C)C1COC1CCC(c2ccccc2)CC1. The first-order valence-corrected chi connectivity index (χ1v) is 11.2. The average Bonchev–Trinajstić information content (AvgIpc) is 3.23. The molecule has 2 fully saturated rings. The molecule has 1 aromatic carbocycles. The zero-order chi connectivity index (χ0) is 20.9. The summed E-state index contributed by atoms with van der Waals surface area (Å²) in [7, 11) is 1.45. The number of aromatic amines is 1. The van der Waals surface area contributed by atoms with E-state index in [4.69, 9.17) is 9.47 Å². The molecule has 1 saturated carbocycles. The lowest BCUT2D eigenvalue weighted by Gasteiger charge is -2.41. The molecule has 1 aromatic heterocycles. The van der Waals surface area contributed by atoms with E-state index in [-0.39, 0.29) is 24.2 Å². The Morgan fingerprint density at radius 2 is 1.93 bits per heavy atom. The number of methoxy groups -OCH3 is 1. The number of hydrogen-bond acceptors (Lipinski definition) is 4. The maximum atomic E-state index is 12.5. The smallest absolute Gasteiger partial charge is 0.409 e. The number of aryl methyl sites for hydroxylation is 1. The van der Waals surface area contributed by atoms with E-state index in [0.717, 1.165) is 49.8 Å². The minimum atomic E-state index is -0.266. The average molecular weight is 412 g/mol. The number of benzene rings is 1. The van der Waals surface area contributed by atoms with Crippen LogP contribution in [0.1, 0.15) is 67.2 Å². The van der Waals surface area contributed by atoms with Crippen LogP contribution in [0.4, 0.5) is 4.79 Å². The van der Waals surface area contributed by atoms with E-state index in [0.29, 0.717) is 19.1 Å². The molecule has 2 atom stereocenters. The van der Waals surface area contributed by atoms with Crippen molar-refractivity contribution in [3.63, 3.8) is 0 Å². The molecule has 6 nitrogen and oxygen atoms in total. The van der Waals surface area contributed by atoms with Crippen LogP contribution in [-0.2, 0) is 9.47 Å². The van der Waals surface area contributed by atoms with Crippen molar-refractivity contribution in [1.29, 1.82) is 0 Å². The third-order valence-corrected chi connectivity index (χ3v) is 6.87. The second kappa shape index (κ2) is 9.65. The molecule has 1 saturated heterocycles. The fourth-order valence-electron chi connectivity index (χ4n) is 5.20. The van der Waals surface area contributed by atoms with Gasteiger partial charge in [0, 0.05) is 18.2 Å². The molecular weight excluding hydrogens is 378 g/mol. The van der Waals surface area contributed by atoms with Gasteiger partial charge in [-0.1, -0.05) is 30.3 Å². The van der Waals surface area contributed by atoms with Crippen molar-refractivity contribution in [2.45, 2.75) is 69.4 Å². The van der Waals surface area contributed by atoms with Crippen LogP contribution in [0.5, 0.6) is 0 Å². The van der Waals surface area contributed by atoms with Crippen LogP contribution in [0.3, 0.4) is 0 Å². The molecule has 30 heavy (non-hydrogen) atoms. The zero-order valence-electron chi connectivity index (χ0n) is 18.0. The number of nitrogens with one attached hydrogen (secondary N) is 1. The van der Waals surface area contributed by atoms with Crippen LogP contribution < -0.4 is 0 Å². The zero-order valence-corrected chi connectivity index (χ0v) is 18.0. The van der Waals surface area contributed by atoms with Gasteiger partial charge < -0.3 is 14.4 Å². The number of amides is 1. The van der Waals surface area contributed by atoms with Crippen LogP contribution in [0.15, 0.2) is 36.5 Å². The molecule has 0 radical (unpaired) electrons. The molecule has 2 aromatic rings. The summed E-state index contributed by atoms with van der Waals surface area (Å²) >= 11 is 0. The summed E-state index contributed by atoms with van der Waals surface area (Å²) < 4.78 is 11.5. The standard InChI is InChI=1S/C24H33N3O3/c1-17-15-25-26-23(17)21-9-6-14-27(24(28)29-2)22(21)16-30-20-12-10-19(11-13-20)18-7-4-3-5-8-18/h3-5,7-8,15,19-22H,6,9-14,16H2,1-2H3,(H,25,26). The summed E-state index contributed by atoms with van der Waals surface area (Å²) in [5, 5.41) is 7.37. The van der Waals surface area contributed by atoms with Crippen LogP contribution in [-0.4, -0.2) is 53.6 Å². The molecule has 0 spiro atoms. The maximum absolute atomic E-state index is 12.5. The number of H-pyrrole nitrogens is 1. The number of ether oxygens (including phenoxy) is 2. The van der Waals surface area contributed by atoms with Crippen LogP contribution in [0.25, 0.3) is 0 Å². The Balaban J connectivity index is 1.40. The molecule has 2 unspecified atom stereocenters. The van der Waals surface area contributed by atoms with Crippen molar-refractivity contribution in [1.82, 2.24) is 15.1 Å². The number of aromatic nitrogens is 2. The summed E-state index contributed by atoms with van der Waals surface area (Å²) in [6.07, 6.45) is 8.27. The molecule has 162 valence electrons. The summed E-state index contributed by atoms with van der Waals surface area (Å²) in [4.78, 5) is 14.3. The highest BCUT2D eigenvalue weighted by atomic mass is 16.5. The number of piperidine rings is 1. The Morgan fingerprint density at radius 1 is 1.17 bits per heavy atom. The van der Waals surface area contributed by atoms with Gasteiger partial charge in [0.25, 0.3) is 0 Å². The van der Waals surface area contributed by atoms with Crippen molar-refractivity contribution in [3.8, 4) is 0 Å². The van der Waals surface area contributed by atoms with Gasteiger partial charge in [0.2, 0.25) is 0 Å². The Hall–Kier alpha value is -2.34. The van der Waals surface area contributed by atoms with Crippen LogP contribution >= 0.6 is 0 Å². The Labute approximate surface area is 178 Å². The second-order valence-corrected chi connectivity index (χ2v) is 8.66. The lowest BCUT2D eigenvalue weighted by molar-refractivity contribution is -0.0242. The molecule has 6 heteroatoms. The number of rotatable bonds is 5. The monoisotopic (exact) mass is 411 g/mol. The fraction of sp³-hybridized carbons (Fsp3) is 0.583. The predicted molar refractivity (Wildman–Crippen MR) is 116 cm³/mol. The number of nitrogens with zero attached hydrogens (tertiary/aromatic N) is 2. The number of carbonyl (C=O) groups is 1. The molecule has 2 aliphatic rings. The Morgan fingerprint density at radius 3 is 2.60 bits per heavy atom. The van der Waals surface area contributed by atoms with Gasteiger partial charge >= 0.3 is 6.09 Å². The predicted octanol–water partition coefficient (Wildman–Crippen LogP) is 4.78. The molecular formula is C24H33N3O3. The van der Waals surface area contributed by atoms with E-state index < -0.39 is 0 Å². The van der Waals surface area contributed by atoms with E-state index in [1.54, 1.807) is 0 Å². The normalized spacial score (nSPS) is 27.1. The van der Waals surface area contributed by atoms with E-state index in [9.17, 15) is 4.79 Å². The van der Waals surface area contributed by atoms with Gasteiger partial charge in [-0.15, -0.1) is 0 Å². The third kappa shape index (κ3) is 4.53. The third-order valence-electron chi connectivity index (χ3n) is 6.87. The van der Waals surface area contributed by atoms with E-state index in [1.165, 1.54) is 12.7 Å².